The Morgan fingerprint density at radius 3 is 2.62 bits per heavy atom. The third-order valence-electron chi connectivity index (χ3n) is 3.20. The average molecular weight is 218 g/mol. The van der Waals surface area contributed by atoms with Crippen molar-refractivity contribution in [3.63, 3.8) is 0 Å². The van der Waals surface area contributed by atoms with Crippen molar-refractivity contribution in [2.45, 2.75) is 37.5 Å². The van der Waals surface area contributed by atoms with Gasteiger partial charge < -0.3 is 11.1 Å². The largest absolute Gasteiger partial charge is 0.381 e. The summed E-state index contributed by atoms with van der Waals surface area (Å²) >= 11 is 0. The zero-order valence-corrected chi connectivity index (χ0v) is 9.45. The second-order valence-electron chi connectivity index (χ2n) is 4.79. The van der Waals surface area contributed by atoms with Crippen LogP contribution in [0.5, 0.6) is 0 Å². The van der Waals surface area contributed by atoms with Gasteiger partial charge in [-0.15, -0.1) is 0 Å². The maximum absolute atomic E-state index is 5.50. The second kappa shape index (κ2) is 4.01. The van der Waals surface area contributed by atoms with E-state index in [0.717, 1.165) is 18.1 Å². The van der Waals surface area contributed by atoms with Crippen molar-refractivity contribution in [1.29, 1.82) is 0 Å². The molecule has 16 heavy (non-hydrogen) atoms. The number of aromatic nitrogens is 2. The highest BCUT2D eigenvalue weighted by molar-refractivity contribution is 5.49. The van der Waals surface area contributed by atoms with Crippen molar-refractivity contribution in [2.24, 2.45) is 5.73 Å². The standard InChI is InChI=1S/C12H18N4/c13-5-6-14-10-7-15-12(9-3-4-9)16-11(10)8-1-2-8/h7-9,14H,1-6,13H2. The SMILES string of the molecule is NCCNc1cnc(C2CC2)nc1C1CC1. The third kappa shape index (κ3) is 2.02. The van der Waals surface area contributed by atoms with Gasteiger partial charge in [-0.05, 0) is 25.7 Å². The van der Waals surface area contributed by atoms with Crippen molar-refractivity contribution < 1.29 is 0 Å². The lowest BCUT2D eigenvalue weighted by Crippen LogP contribution is -2.15. The summed E-state index contributed by atoms with van der Waals surface area (Å²) in [5.41, 5.74) is 7.82. The first kappa shape index (κ1) is 10.0. The molecule has 0 spiro atoms. The lowest BCUT2D eigenvalue weighted by molar-refractivity contribution is 0.869. The van der Waals surface area contributed by atoms with Crippen LogP contribution in [0.4, 0.5) is 5.69 Å². The molecule has 86 valence electrons. The maximum atomic E-state index is 5.50. The zero-order chi connectivity index (χ0) is 11.0. The number of hydrogen-bond acceptors (Lipinski definition) is 4. The molecule has 3 rings (SSSR count). The van der Waals surface area contributed by atoms with Gasteiger partial charge in [-0.1, -0.05) is 0 Å². The minimum absolute atomic E-state index is 0.640. The van der Waals surface area contributed by atoms with Crippen molar-refractivity contribution in [1.82, 2.24) is 9.97 Å². The van der Waals surface area contributed by atoms with E-state index in [9.17, 15) is 0 Å². The summed E-state index contributed by atoms with van der Waals surface area (Å²) in [5.74, 6) is 2.36. The van der Waals surface area contributed by atoms with Crippen LogP contribution in [0.25, 0.3) is 0 Å². The van der Waals surface area contributed by atoms with Crippen LogP contribution in [0.2, 0.25) is 0 Å². The van der Waals surface area contributed by atoms with E-state index < -0.39 is 0 Å². The summed E-state index contributed by atoms with van der Waals surface area (Å²) in [5, 5.41) is 3.32. The Morgan fingerprint density at radius 1 is 1.25 bits per heavy atom. The lowest BCUT2D eigenvalue weighted by atomic mass is 10.2. The molecule has 4 nitrogen and oxygen atoms in total. The van der Waals surface area contributed by atoms with Gasteiger partial charge in [0.15, 0.2) is 0 Å². The van der Waals surface area contributed by atoms with E-state index in [-0.39, 0.29) is 0 Å². The van der Waals surface area contributed by atoms with Gasteiger partial charge in [-0.3, -0.25) is 0 Å². The molecule has 1 aromatic rings. The molecule has 3 N–H and O–H groups in total. The number of anilines is 1. The van der Waals surface area contributed by atoms with Gasteiger partial charge in [0.2, 0.25) is 0 Å². The van der Waals surface area contributed by atoms with Gasteiger partial charge >= 0.3 is 0 Å². The van der Waals surface area contributed by atoms with Gasteiger partial charge in [-0.2, -0.15) is 0 Å². The first-order valence-corrected chi connectivity index (χ1v) is 6.19. The molecule has 2 aliphatic carbocycles. The summed E-state index contributed by atoms with van der Waals surface area (Å²) in [6, 6.07) is 0. The van der Waals surface area contributed by atoms with E-state index >= 15 is 0 Å². The van der Waals surface area contributed by atoms with Crippen LogP contribution in [0, 0.1) is 0 Å². The summed E-state index contributed by atoms with van der Waals surface area (Å²) < 4.78 is 0. The van der Waals surface area contributed by atoms with Crippen molar-refractivity contribution in [3.05, 3.63) is 17.7 Å². The molecular formula is C12H18N4. The van der Waals surface area contributed by atoms with Crippen LogP contribution in [-0.4, -0.2) is 23.1 Å². The minimum atomic E-state index is 0.640. The highest BCUT2D eigenvalue weighted by atomic mass is 15.0. The van der Waals surface area contributed by atoms with Gasteiger partial charge in [0.25, 0.3) is 0 Å². The molecule has 0 aromatic carbocycles. The molecule has 0 atom stereocenters. The van der Waals surface area contributed by atoms with Gasteiger partial charge in [-0.25, -0.2) is 9.97 Å². The smallest absolute Gasteiger partial charge is 0.131 e. The van der Waals surface area contributed by atoms with Crippen molar-refractivity contribution in [2.75, 3.05) is 18.4 Å². The summed E-state index contributed by atoms with van der Waals surface area (Å²) in [6.07, 6.45) is 7.03. The first-order chi connectivity index (χ1) is 7.88. The summed E-state index contributed by atoms with van der Waals surface area (Å²) in [6.45, 7) is 1.44. The Hall–Kier alpha value is -1.16. The molecule has 4 heteroatoms. The Balaban J connectivity index is 1.84. The molecule has 1 aromatic heterocycles. The van der Waals surface area contributed by atoms with Crippen molar-refractivity contribution >= 4 is 5.69 Å². The molecule has 2 aliphatic rings. The summed E-state index contributed by atoms with van der Waals surface area (Å²) in [7, 11) is 0. The number of nitrogens with one attached hydrogen (secondary N) is 1. The third-order valence-corrected chi connectivity index (χ3v) is 3.20. The van der Waals surface area contributed by atoms with E-state index in [1.54, 1.807) is 0 Å². The first-order valence-electron chi connectivity index (χ1n) is 6.19. The van der Waals surface area contributed by atoms with E-state index in [4.69, 9.17) is 10.7 Å². The number of nitrogens with two attached hydrogens (primary N) is 1. The van der Waals surface area contributed by atoms with E-state index in [2.05, 4.69) is 10.3 Å². The molecule has 0 bridgehead atoms. The lowest BCUT2D eigenvalue weighted by Gasteiger charge is -2.10. The highest BCUT2D eigenvalue weighted by Gasteiger charge is 2.31. The predicted molar refractivity (Wildman–Crippen MR) is 63.5 cm³/mol. The van der Waals surface area contributed by atoms with E-state index in [1.165, 1.54) is 31.4 Å². The van der Waals surface area contributed by atoms with Crippen LogP contribution in [0.1, 0.15) is 49.0 Å². The van der Waals surface area contributed by atoms with E-state index in [1.807, 2.05) is 6.20 Å². The van der Waals surface area contributed by atoms with Crippen LogP contribution in [0.3, 0.4) is 0 Å². The predicted octanol–water partition coefficient (Wildman–Crippen LogP) is 1.60. The molecule has 2 saturated carbocycles. The topological polar surface area (TPSA) is 63.8 Å². The van der Waals surface area contributed by atoms with E-state index in [0.29, 0.717) is 18.4 Å². The van der Waals surface area contributed by atoms with Crippen LogP contribution >= 0.6 is 0 Å². The van der Waals surface area contributed by atoms with Crippen LogP contribution < -0.4 is 11.1 Å². The van der Waals surface area contributed by atoms with Crippen LogP contribution in [0.15, 0.2) is 6.20 Å². The molecule has 0 amide bonds. The number of hydrogen-bond donors (Lipinski definition) is 2. The molecule has 0 radical (unpaired) electrons. The fourth-order valence-corrected chi connectivity index (χ4v) is 1.96. The Kier molecular flexibility index (Phi) is 2.52. The van der Waals surface area contributed by atoms with Crippen molar-refractivity contribution in [3.8, 4) is 0 Å². The fourth-order valence-electron chi connectivity index (χ4n) is 1.96. The quantitative estimate of drug-likeness (QED) is 0.788. The molecular weight excluding hydrogens is 200 g/mol. The Bertz CT molecular complexity index is 383. The fraction of sp³-hybridized carbons (Fsp3) is 0.667. The van der Waals surface area contributed by atoms with Crippen LogP contribution in [-0.2, 0) is 0 Å². The second-order valence-corrected chi connectivity index (χ2v) is 4.79. The van der Waals surface area contributed by atoms with Gasteiger partial charge in [0.1, 0.15) is 5.82 Å². The molecule has 0 saturated heterocycles. The average Bonchev–Trinajstić information content (AvgIpc) is 3.19. The maximum Gasteiger partial charge on any atom is 0.131 e. The minimum Gasteiger partial charge on any atom is -0.381 e. The highest BCUT2D eigenvalue weighted by Crippen LogP contribution is 2.44. The zero-order valence-electron chi connectivity index (χ0n) is 9.45. The monoisotopic (exact) mass is 218 g/mol. The Labute approximate surface area is 95.7 Å². The molecule has 0 aliphatic heterocycles. The van der Waals surface area contributed by atoms with Gasteiger partial charge in [0, 0.05) is 24.9 Å². The van der Waals surface area contributed by atoms with Gasteiger partial charge in [0.05, 0.1) is 17.6 Å². The number of rotatable bonds is 5. The number of nitrogens with zero attached hydrogens (tertiary/aromatic N) is 2. The molecule has 2 fully saturated rings. The molecule has 1 heterocycles. The normalized spacial score (nSPS) is 19.8. The molecule has 0 unspecified atom stereocenters. The summed E-state index contributed by atoms with van der Waals surface area (Å²) in [4.78, 5) is 9.19. The Morgan fingerprint density at radius 2 is 2.00 bits per heavy atom.